The van der Waals surface area contributed by atoms with E-state index in [9.17, 15) is 4.79 Å². The first-order valence-electron chi connectivity index (χ1n) is 6.86. The molecule has 1 N–H and O–H groups in total. The highest BCUT2D eigenvalue weighted by Crippen LogP contribution is 2.22. The maximum atomic E-state index is 11.4. The van der Waals surface area contributed by atoms with E-state index in [4.69, 9.17) is 27.9 Å². The van der Waals surface area contributed by atoms with Crippen molar-refractivity contribution in [3.8, 4) is 0 Å². The Labute approximate surface area is 139 Å². The maximum absolute atomic E-state index is 11.4. The molecule has 0 aliphatic rings. The summed E-state index contributed by atoms with van der Waals surface area (Å²) in [5.74, 6) is 1.23. The van der Waals surface area contributed by atoms with E-state index < -0.39 is 6.09 Å². The number of hydrogen-bond acceptors (Lipinski definition) is 3. The highest BCUT2D eigenvalue weighted by Gasteiger charge is 2.07. The molecule has 2 rings (SSSR count). The van der Waals surface area contributed by atoms with Gasteiger partial charge in [0.2, 0.25) is 0 Å². The zero-order chi connectivity index (χ0) is 15.9. The van der Waals surface area contributed by atoms with E-state index in [0.717, 1.165) is 24.4 Å². The number of carbonyl (C=O) groups is 1. The van der Waals surface area contributed by atoms with Crippen LogP contribution in [0.4, 0.5) is 10.5 Å². The lowest BCUT2D eigenvalue weighted by Gasteiger charge is -2.10. The van der Waals surface area contributed by atoms with Crippen molar-refractivity contribution in [2.24, 2.45) is 0 Å². The molecule has 0 fully saturated rings. The Kier molecular flexibility index (Phi) is 6.10. The Morgan fingerprint density at radius 1 is 1.45 bits per heavy atom. The number of aryl methyl sites for hydroxylation is 3. The van der Waals surface area contributed by atoms with Gasteiger partial charge in [-0.05, 0) is 31.0 Å². The van der Waals surface area contributed by atoms with E-state index >= 15 is 0 Å². The number of rotatable bonds is 6. The number of halogens is 2. The van der Waals surface area contributed by atoms with Gasteiger partial charge in [0, 0.05) is 29.6 Å². The number of alkyl halides is 1. The first-order valence-corrected chi connectivity index (χ1v) is 7.77. The molecule has 1 aromatic carbocycles. The predicted octanol–water partition coefficient (Wildman–Crippen LogP) is 3.87. The molecule has 0 unspecified atom stereocenters. The van der Waals surface area contributed by atoms with E-state index in [1.807, 2.05) is 19.2 Å². The molecule has 22 heavy (non-hydrogen) atoms. The summed E-state index contributed by atoms with van der Waals surface area (Å²) in [5.41, 5.74) is 1.60. The molecule has 0 atom stereocenters. The molecule has 0 spiro atoms. The number of amides is 1. The Morgan fingerprint density at radius 3 is 2.91 bits per heavy atom. The van der Waals surface area contributed by atoms with Crippen molar-refractivity contribution in [3.63, 3.8) is 0 Å². The Morgan fingerprint density at radius 2 is 2.27 bits per heavy atom. The summed E-state index contributed by atoms with van der Waals surface area (Å²) in [7, 11) is 0. The third-order valence-electron chi connectivity index (χ3n) is 3.16. The lowest BCUT2D eigenvalue weighted by Crippen LogP contribution is -2.15. The Hall–Kier alpha value is -1.72. The molecule has 1 aromatic heterocycles. The summed E-state index contributed by atoms with van der Waals surface area (Å²) in [4.78, 5) is 15.6. The number of ether oxygens (including phenoxy) is 1. The molecule has 1 amide bonds. The molecule has 0 radical (unpaired) electrons. The van der Waals surface area contributed by atoms with Crippen LogP contribution in [-0.2, 0) is 17.7 Å². The van der Waals surface area contributed by atoms with Crippen molar-refractivity contribution < 1.29 is 9.53 Å². The van der Waals surface area contributed by atoms with Gasteiger partial charge in [-0.3, -0.25) is 5.32 Å². The van der Waals surface area contributed by atoms with E-state index in [1.54, 1.807) is 18.3 Å². The van der Waals surface area contributed by atoms with Crippen LogP contribution in [0.1, 0.15) is 11.4 Å². The fourth-order valence-electron chi connectivity index (χ4n) is 1.99. The highest BCUT2D eigenvalue weighted by atomic mass is 35.5. The molecule has 0 saturated carbocycles. The first-order chi connectivity index (χ1) is 10.6. The smallest absolute Gasteiger partial charge is 0.411 e. The quantitative estimate of drug-likeness (QED) is 0.811. The topological polar surface area (TPSA) is 56.2 Å². The van der Waals surface area contributed by atoms with Gasteiger partial charge in [-0.25, -0.2) is 9.78 Å². The maximum Gasteiger partial charge on any atom is 0.411 e. The molecule has 2 aromatic rings. The SMILES string of the molecule is Cc1nccn1CCc1ccc(NC(=O)OCCCl)cc1Cl. The number of imidazole rings is 1. The van der Waals surface area contributed by atoms with Crippen molar-refractivity contribution in [2.75, 3.05) is 17.8 Å². The summed E-state index contributed by atoms with van der Waals surface area (Å²) in [6.45, 7) is 2.93. The Balaban J connectivity index is 1.94. The van der Waals surface area contributed by atoms with Crippen molar-refractivity contribution in [1.29, 1.82) is 0 Å². The van der Waals surface area contributed by atoms with Gasteiger partial charge in [0.1, 0.15) is 12.4 Å². The van der Waals surface area contributed by atoms with Gasteiger partial charge in [0.15, 0.2) is 0 Å². The van der Waals surface area contributed by atoms with E-state index in [2.05, 4.69) is 14.9 Å². The lowest BCUT2D eigenvalue weighted by molar-refractivity contribution is 0.168. The third kappa shape index (κ3) is 4.64. The monoisotopic (exact) mass is 341 g/mol. The number of nitrogens with zero attached hydrogens (tertiary/aromatic N) is 2. The fraction of sp³-hybridized carbons (Fsp3) is 0.333. The standard InChI is InChI=1S/C15H17Cl2N3O2/c1-11-18-6-8-20(11)7-4-12-2-3-13(10-14(12)17)19-15(21)22-9-5-16/h2-3,6,8,10H,4-5,7,9H2,1H3,(H,19,21). The van der Waals surface area contributed by atoms with E-state index in [0.29, 0.717) is 10.7 Å². The van der Waals surface area contributed by atoms with Gasteiger partial charge in [-0.1, -0.05) is 17.7 Å². The summed E-state index contributed by atoms with van der Waals surface area (Å²) in [6, 6.07) is 5.40. The average Bonchev–Trinajstić information content (AvgIpc) is 2.89. The molecule has 118 valence electrons. The minimum atomic E-state index is -0.543. The van der Waals surface area contributed by atoms with Gasteiger partial charge in [-0.15, -0.1) is 11.6 Å². The lowest BCUT2D eigenvalue weighted by atomic mass is 10.1. The van der Waals surface area contributed by atoms with E-state index in [-0.39, 0.29) is 12.5 Å². The van der Waals surface area contributed by atoms with Gasteiger partial charge < -0.3 is 9.30 Å². The van der Waals surface area contributed by atoms with Crippen LogP contribution in [0, 0.1) is 6.92 Å². The fourth-order valence-corrected chi connectivity index (χ4v) is 2.35. The van der Waals surface area contributed by atoms with Gasteiger partial charge in [0.05, 0.1) is 5.88 Å². The van der Waals surface area contributed by atoms with Crippen LogP contribution in [0.2, 0.25) is 5.02 Å². The summed E-state index contributed by atoms with van der Waals surface area (Å²) >= 11 is 11.7. The molecular formula is C15H17Cl2N3O2. The number of aromatic nitrogens is 2. The van der Waals surface area contributed by atoms with Crippen molar-refractivity contribution >= 4 is 35.0 Å². The van der Waals surface area contributed by atoms with Crippen molar-refractivity contribution in [1.82, 2.24) is 9.55 Å². The van der Waals surface area contributed by atoms with Crippen LogP contribution >= 0.6 is 23.2 Å². The zero-order valence-corrected chi connectivity index (χ0v) is 13.7. The molecular weight excluding hydrogens is 325 g/mol. The second-order valence-corrected chi connectivity index (χ2v) is 5.46. The normalized spacial score (nSPS) is 10.5. The summed E-state index contributed by atoms with van der Waals surface area (Å²) < 4.78 is 6.90. The number of anilines is 1. The largest absolute Gasteiger partial charge is 0.448 e. The average molecular weight is 342 g/mol. The number of nitrogens with one attached hydrogen (secondary N) is 1. The third-order valence-corrected chi connectivity index (χ3v) is 3.66. The molecule has 0 saturated heterocycles. The van der Waals surface area contributed by atoms with Crippen LogP contribution in [-0.4, -0.2) is 28.1 Å². The number of carbonyl (C=O) groups excluding carboxylic acids is 1. The van der Waals surface area contributed by atoms with Gasteiger partial charge in [0.25, 0.3) is 0 Å². The number of benzene rings is 1. The number of hydrogen-bond donors (Lipinski definition) is 1. The van der Waals surface area contributed by atoms with Crippen LogP contribution in [0.25, 0.3) is 0 Å². The van der Waals surface area contributed by atoms with Crippen molar-refractivity contribution in [2.45, 2.75) is 19.9 Å². The second kappa shape index (κ2) is 8.06. The molecule has 0 aliphatic heterocycles. The summed E-state index contributed by atoms with van der Waals surface area (Å²) in [5, 5.41) is 3.21. The van der Waals surface area contributed by atoms with Gasteiger partial charge in [-0.2, -0.15) is 0 Å². The van der Waals surface area contributed by atoms with Gasteiger partial charge >= 0.3 is 6.09 Å². The van der Waals surface area contributed by atoms with Crippen LogP contribution < -0.4 is 5.32 Å². The van der Waals surface area contributed by atoms with Crippen LogP contribution in [0.3, 0.4) is 0 Å². The minimum absolute atomic E-state index is 0.170. The molecule has 5 nitrogen and oxygen atoms in total. The Bertz CT molecular complexity index is 643. The molecule has 7 heteroatoms. The first kappa shape index (κ1) is 16.6. The molecule has 0 bridgehead atoms. The predicted molar refractivity (Wildman–Crippen MR) is 87.8 cm³/mol. The van der Waals surface area contributed by atoms with Crippen LogP contribution in [0.15, 0.2) is 30.6 Å². The highest BCUT2D eigenvalue weighted by molar-refractivity contribution is 6.31. The molecule has 1 heterocycles. The zero-order valence-electron chi connectivity index (χ0n) is 12.2. The molecule has 0 aliphatic carbocycles. The van der Waals surface area contributed by atoms with Crippen LogP contribution in [0.5, 0.6) is 0 Å². The second-order valence-electron chi connectivity index (χ2n) is 4.67. The minimum Gasteiger partial charge on any atom is -0.448 e. The van der Waals surface area contributed by atoms with Crippen molar-refractivity contribution in [3.05, 3.63) is 47.0 Å². The summed E-state index contributed by atoms with van der Waals surface area (Å²) in [6.07, 6.45) is 3.95. The van der Waals surface area contributed by atoms with E-state index in [1.165, 1.54) is 0 Å².